The van der Waals surface area contributed by atoms with Gasteiger partial charge in [-0.2, -0.15) is 10.5 Å². The summed E-state index contributed by atoms with van der Waals surface area (Å²) in [4.78, 5) is 16.7. The topological polar surface area (TPSA) is 124 Å². The summed E-state index contributed by atoms with van der Waals surface area (Å²) >= 11 is 3.33. The number of rotatable bonds is 12. The summed E-state index contributed by atoms with van der Waals surface area (Å²) < 4.78 is 27.8. The zero-order valence-corrected chi connectivity index (χ0v) is 28.0. The molecule has 10 heteroatoms. The van der Waals surface area contributed by atoms with Gasteiger partial charge in [0.15, 0.2) is 12.5 Å². The van der Waals surface area contributed by atoms with Crippen LogP contribution in [0, 0.1) is 22.7 Å². The number of benzene rings is 4. The second kappa shape index (κ2) is 18.5. The van der Waals surface area contributed by atoms with Crippen molar-refractivity contribution in [3.05, 3.63) is 142 Å². The van der Waals surface area contributed by atoms with Gasteiger partial charge in [-0.05, 0) is 60.5 Å². The number of pyridine rings is 1. The highest BCUT2D eigenvalue weighted by molar-refractivity contribution is 9.10. The number of nitrogens with zero attached hydrogens (tertiary/aromatic N) is 3. The molecule has 1 heterocycles. The Bertz CT molecular complexity index is 1890. The van der Waals surface area contributed by atoms with Crippen LogP contribution in [0.1, 0.15) is 39.5 Å². The van der Waals surface area contributed by atoms with Crippen LogP contribution in [0.3, 0.4) is 0 Å². The Balaban J connectivity index is 0.000000257. The SMILES string of the molecule is CCOC(=O)c1cc(-c2ccc(OCc3ccccc3)c(C#N)c2)ncc1OCOC.N#Cc1cc(Br)ccc1OCc1ccccc1. The van der Waals surface area contributed by atoms with Crippen LogP contribution in [0.15, 0.2) is 114 Å². The molecule has 0 radical (unpaired) electrons. The molecule has 4 aromatic carbocycles. The minimum atomic E-state index is -0.527. The number of methoxy groups -OCH3 is 1. The van der Waals surface area contributed by atoms with Crippen molar-refractivity contribution >= 4 is 21.9 Å². The first-order valence-electron chi connectivity index (χ1n) is 14.8. The van der Waals surface area contributed by atoms with E-state index in [2.05, 4.69) is 33.1 Å². The number of nitriles is 2. The average Bonchev–Trinajstić information content (AvgIpc) is 3.13. The summed E-state index contributed by atoms with van der Waals surface area (Å²) in [5, 5.41) is 18.6. The second-order valence-corrected chi connectivity index (χ2v) is 10.9. The Morgan fingerprint density at radius 3 is 1.90 bits per heavy atom. The van der Waals surface area contributed by atoms with Crippen molar-refractivity contribution in [3.63, 3.8) is 0 Å². The standard InChI is InChI=1S/C24H22N2O5.C14H10BrNO/c1-3-29-24(27)20-12-21(26-14-23(20)31-16-28-2)18-9-10-22(19(11-18)13-25)30-15-17-7-5-4-6-8-17;15-13-6-7-14(12(8-13)9-16)17-10-11-4-2-1-3-5-11/h4-12,14H,3,15-16H2,1-2H3;1-8H,10H2. The van der Waals surface area contributed by atoms with E-state index < -0.39 is 5.97 Å². The maximum Gasteiger partial charge on any atom is 0.342 e. The molecule has 0 N–H and O–H groups in total. The molecule has 0 amide bonds. The zero-order chi connectivity index (χ0) is 34.1. The number of aromatic nitrogens is 1. The maximum absolute atomic E-state index is 12.4. The highest BCUT2D eigenvalue weighted by Gasteiger charge is 2.17. The van der Waals surface area contributed by atoms with Crippen molar-refractivity contribution in [2.75, 3.05) is 20.5 Å². The molecule has 0 saturated heterocycles. The molecule has 5 rings (SSSR count). The molecule has 0 atom stereocenters. The van der Waals surface area contributed by atoms with Gasteiger partial charge in [0, 0.05) is 17.1 Å². The van der Waals surface area contributed by atoms with Crippen LogP contribution in [-0.4, -0.2) is 31.5 Å². The molecule has 0 aliphatic heterocycles. The third-order valence-corrected chi connectivity index (χ3v) is 7.12. The predicted octanol–water partition coefficient (Wildman–Crippen LogP) is 8.26. The Kier molecular flexibility index (Phi) is 13.5. The van der Waals surface area contributed by atoms with Crippen molar-refractivity contribution in [2.45, 2.75) is 20.1 Å². The fraction of sp³-hybridized carbons (Fsp3) is 0.158. The van der Waals surface area contributed by atoms with Gasteiger partial charge in [0.1, 0.15) is 42.4 Å². The monoisotopic (exact) mass is 705 g/mol. The van der Waals surface area contributed by atoms with Crippen LogP contribution in [0.4, 0.5) is 0 Å². The first-order chi connectivity index (χ1) is 23.4. The van der Waals surface area contributed by atoms with Crippen molar-refractivity contribution in [2.24, 2.45) is 0 Å². The van der Waals surface area contributed by atoms with Crippen molar-refractivity contribution < 1.29 is 28.5 Å². The Morgan fingerprint density at radius 1 is 0.750 bits per heavy atom. The highest BCUT2D eigenvalue weighted by atomic mass is 79.9. The zero-order valence-electron chi connectivity index (χ0n) is 26.4. The van der Waals surface area contributed by atoms with Gasteiger partial charge in [0.2, 0.25) is 0 Å². The molecule has 0 spiro atoms. The van der Waals surface area contributed by atoms with E-state index in [4.69, 9.17) is 28.9 Å². The molecule has 0 fully saturated rings. The van der Waals surface area contributed by atoms with Gasteiger partial charge < -0.3 is 23.7 Å². The third-order valence-electron chi connectivity index (χ3n) is 6.63. The van der Waals surface area contributed by atoms with Gasteiger partial charge in [-0.15, -0.1) is 0 Å². The van der Waals surface area contributed by atoms with Gasteiger partial charge in [-0.1, -0.05) is 76.6 Å². The lowest BCUT2D eigenvalue weighted by molar-refractivity contribution is 0.0436. The quantitative estimate of drug-likeness (QED) is 0.0932. The van der Waals surface area contributed by atoms with E-state index in [1.165, 1.54) is 13.3 Å². The van der Waals surface area contributed by atoms with Crippen LogP contribution >= 0.6 is 15.9 Å². The molecule has 0 saturated carbocycles. The summed E-state index contributed by atoms with van der Waals surface area (Å²) in [6, 6.07) is 36.0. The molecule has 48 heavy (non-hydrogen) atoms. The highest BCUT2D eigenvalue weighted by Crippen LogP contribution is 2.29. The molecule has 242 valence electrons. The summed E-state index contributed by atoms with van der Waals surface area (Å²) in [5.41, 5.74) is 4.38. The number of hydrogen-bond donors (Lipinski definition) is 0. The molecular weight excluding hydrogens is 674 g/mol. The lowest BCUT2D eigenvalue weighted by Gasteiger charge is -2.12. The van der Waals surface area contributed by atoms with E-state index in [0.29, 0.717) is 47.1 Å². The number of carbonyl (C=O) groups excluding carboxylic acids is 1. The minimum Gasteiger partial charge on any atom is -0.488 e. The summed E-state index contributed by atoms with van der Waals surface area (Å²) in [6.45, 7) is 2.75. The van der Waals surface area contributed by atoms with Crippen LogP contribution < -0.4 is 14.2 Å². The second-order valence-electron chi connectivity index (χ2n) is 9.96. The van der Waals surface area contributed by atoms with Crippen molar-refractivity contribution in [1.82, 2.24) is 4.98 Å². The van der Waals surface area contributed by atoms with E-state index in [1.807, 2.05) is 66.7 Å². The van der Waals surface area contributed by atoms with Gasteiger partial charge in [0.05, 0.1) is 29.6 Å². The molecule has 0 bridgehead atoms. The van der Waals surface area contributed by atoms with Crippen LogP contribution in [0.2, 0.25) is 0 Å². The normalized spacial score (nSPS) is 10.0. The number of hydrogen-bond acceptors (Lipinski definition) is 9. The predicted molar refractivity (Wildman–Crippen MR) is 183 cm³/mol. The molecule has 1 aromatic heterocycles. The van der Waals surface area contributed by atoms with E-state index >= 15 is 0 Å². The Morgan fingerprint density at radius 2 is 1.33 bits per heavy atom. The minimum absolute atomic E-state index is 0.0283. The van der Waals surface area contributed by atoms with Gasteiger partial charge in [-0.3, -0.25) is 4.98 Å². The fourth-order valence-corrected chi connectivity index (χ4v) is 4.66. The van der Waals surface area contributed by atoms with Gasteiger partial charge in [-0.25, -0.2) is 4.79 Å². The van der Waals surface area contributed by atoms with E-state index in [9.17, 15) is 10.1 Å². The smallest absolute Gasteiger partial charge is 0.342 e. The fourth-order valence-electron chi connectivity index (χ4n) is 4.30. The first-order valence-corrected chi connectivity index (χ1v) is 15.6. The van der Waals surface area contributed by atoms with E-state index in [1.54, 1.807) is 43.3 Å². The van der Waals surface area contributed by atoms with Crippen molar-refractivity contribution in [3.8, 4) is 40.6 Å². The van der Waals surface area contributed by atoms with Crippen molar-refractivity contribution in [1.29, 1.82) is 10.5 Å². The summed E-state index contributed by atoms with van der Waals surface area (Å²) in [5.74, 6) is 0.813. The first kappa shape index (κ1) is 35.2. The van der Waals surface area contributed by atoms with Crippen LogP contribution in [0.25, 0.3) is 11.3 Å². The van der Waals surface area contributed by atoms with Gasteiger partial charge in [0.25, 0.3) is 0 Å². The average molecular weight is 707 g/mol. The number of halogens is 1. The van der Waals surface area contributed by atoms with E-state index in [0.717, 1.165) is 15.6 Å². The summed E-state index contributed by atoms with van der Waals surface area (Å²) in [6.07, 6.45) is 1.44. The third kappa shape index (κ3) is 10.2. The number of ether oxygens (including phenoxy) is 5. The summed E-state index contributed by atoms with van der Waals surface area (Å²) in [7, 11) is 1.48. The molecule has 0 unspecified atom stereocenters. The molecule has 5 aromatic rings. The molecular formula is C38H32BrN3O6. The van der Waals surface area contributed by atoms with E-state index in [-0.39, 0.29) is 24.7 Å². The largest absolute Gasteiger partial charge is 0.488 e. The lowest BCUT2D eigenvalue weighted by atomic mass is 10.1. The van der Waals surface area contributed by atoms with Crippen LogP contribution in [-0.2, 0) is 22.7 Å². The number of esters is 1. The molecule has 0 aliphatic carbocycles. The van der Waals surface area contributed by atoms with Crippen LogP contribution in [0.5, 0.6) is 17.2 Å². The molecule has 0 aliphatic rings. The Labute approximate surface area is 288 Å². The molecule has 9 nitrogen and oxygen atoms in total. The maximum atomic E-state index is 12.4. The Hall–Kier alpha value is -5.68. The van der Waals surface area contributed by atoms with Gasteiger partial charge >= 0.3 is 5.97 Å². The lowest BCUT2D eigenvalue weighted by Crippen LogP contribution is -2.10. The number of carbonyl (C=O) groups is 1.